The van der Waals surface area contributed by atoms with E-state index < -0.39 is 5.92 Å². The normalized spacial score (nSPS) is 11.7. The first-order chi connectivity index (χ1) is 6.38. The minimum atomic E-state index is -2.65. The van der Waals surface area contributed by atoms with Crippen molar-refractivity contribution in [2.75, 3.05) is 0 Å². The molecule has 78 valence electrons. The van der Waals surface area contributed by atoms with Crippen molar-refractivity contribution < 1.29 is 13.6 Å². The molecule has 1 aromatic rings. The fourth-order valence-electron chi connectivity index (χ4n) is 1.11. The van der Waals surface area contributed by atoms with Gasteiger partial charge < -0.3 is 4.57 Å². The second-order valence-corrected chi connectivity index (χ2v) is 3.51. The Morgan fingerprint density at radius 2 is 2.21 bits per heavy atom. The number of alkyl halides is 2. The highest BCUT2D eigenvalue weighted by Gasteiger charge is 2.20. The number of carbonyl (C=O) groups excluding carboxylic acids is 1. The summed E-state index contributed by atoms with van der Waals surface area (Å²) in [4.78, 5) is 10.9. The summed E-state index contributed by atoms with van der Waals surface area (Å²) in [6.45, 7) is 2.58. The van der Waals surface area contributed by atoms with Crippen molar-refractivity contribution in [2.45, 2.75) is 32.7 Å². The minimum absolute atomic E-state index is 0.0491. The van der Waals surface area contributed by atoms with Crippen LogP contribution in [0.2, 0.25) is 0 Å². The van der Waals surface area contributed by atoms with E-state index in [4.69, 9.17) is 0 Å². The molecule has 0 atom stereocenters. The first kappa shape index (κ1) is 10.9. The molecule has 0 fully saturated rings. The number of aryl methyl sites for hydroxylation is 1. The highest BCUT2D eigenvalue weighted by atomic mass is 19.3. The van der Waals surface area contributed by atoms with Gasteiger partial charge in [0.15, 0.2) is 5.78 Å². The summed E-state index contributed by atoms with van der Waals surface area (Å²) in [5.41, 5.74) is 0.560. The topological polar surface area (TPSA) is 22.0 Å². The van der Waals surface area contributed by atoms with E-state index in [0.29, 0.717) is 5.56 Å². The molecule has 1 rings (SSSR count). The van der Waals surface area contributed by atoms with Crippen molar-refractivity contribution in [3.8, 4) is 0 Å². The third-order valence-corrected chi connectivity index (χ3v) is 1.97. The van der Waals surface area contributed by atoms with Gasteiger partial charge >= 0.3 is 0 Å². The lowest BCUT2D eigenvalue weighted by atomic mass is 10.2. The summed E-state index contributed by atoms with van der Waals surface area (Å²) in [6, 6.07) is 1.64. The monoisotopic (exact) mass is 201 g/mol. The molecule has 1 aromatic heterocycles. The van der Waals surface area contributed by atoms with Gasteiger partial charge in [-0.3, -0.25) is 4.79 Å². The molecule has 0 spiro atoms. The second kappa shape index (κ2) is 3.90. The number of carbonyl (C=O) groups is 1. The lowest BCUT2D eigenvalue weighted by Crippen LogP contribution is -2.13. The largest absolute Gasteiger partial charge is 0.353 e. The van der Waals surface area contributed by atoms with Crippen LogP contribution in [0.3, 0.4) is 0 Å². The molecule has 1 heterocycles. The third kappa shape index (κ3) is 3.28. The maximum Gasteiger partial charge on any atom is 0.247 e. The summed E-state index contributed by atoms with van der Waals surface area (Å²) in [6.07, 6.45) is 3.02. The number of hydrogen-bond acceptors (Lipinski definition) is 1. The molecule has 0 aromatic carbocycles. The SMILES string of the molecule is CC(=O)c1ccn(CCC(C)(F)F)c1. The standard InChI is InChI=1S/C10H13F2NO/c1-8(14)9-3-5-13(7-9)6-4-10(2,11)12/h3,5,7H,4,6H2,1-2H3. The third-order valence-electron chi connectivity index (χ3n) is 1.97. The van der Waals surface area contributed by atoms with Crippen molar-refractivity contribution in [2.24, 2.45) is 0 Å². The number of aromatic nitrogens is 1. The van der Waals surface area contributed by atoms with Gasteiger partial charge in [0.2, 0.25) is 5.92 Å². The van der Waals surface area contributed by atoms with Crippen LogP contribution >= 0.6 is 0 Å². The number of hydrogen-bond donors (Lipinski definition) is 0. The maximum atomic E-state index is 12.5. The molecular formula is C10H13F2NO. The van der Waals surface area contributed by atoms with Crippen LogP contribution in [0.4, 0.5) is 8.78 Å². The Morgan fingerprint density at radius 1 is 1.57 bits per heavy atom. The van der Waals surface area contributed by atoms with E-state index in [1.54, 1.807) is 23.0 Å². The van der Waals surface area contributed by atoms with E-state index in [0.717, 1.165) is 6.92 Å². The zero-order chi connectivity index (χ0) is 10.8. The van der Waals surface area contributed by atoms with Crippen molar-refractivity contribution in [1.82, 2.24) is 4.57 Å². The molecule has 0 aliphatic carbocycles. The van der Waals surface area contributed by atoms with Gasteiger partial charge in [-0.1, -0.05) is 0 Å². The number of Topliss-reactive ketones (excluding diaryl/α,β-unsaturated/α-hetero) is 1. The van der Waals surface area contributed by atoms with Gasteiger partial charge in [-0.25, -0.2) is 8.78 Å². The Balaban J connectivity index is 2.56. The van der Waals surface area contributed by atoms with Crippen LogP contribution < -0.4 is 0 Å². The first-order valence-corrected chi connectivity index (χ1v) is 4.43. The smallest absolute Gasteiger partial charge is 0.247 e. The van der Waals surface area contributed by atoms with E-state index in [1.807, 2.05) is 0 Å². The maximum absolute atomic E-state index is 12.5. The molecule has 0 bridgehead atoms. The number of halogens is 2. The van der Waals surface area contributed by atoms with Gasteiger partial charge in [-0.2, -0.15) is 0 Å². The Labute approximate surface area is 81.5 Å². The summed E-state index contributed by atoms with van der Waals surface area (Å²) in [5, 5.41) is 0. The number of nitrogens with zero attached hydrogens (tertiary/aromatic N) is 1. The molecule has 0 saturated heterocycles. The van der Waals surface area contributed by atoms with E-state index in [1.165, 1.54) is 6.92 Å². The van der Waals surface area contributed by atoms with Gasteiger partial charge in [0.1, 0.15) is 0 Å². The van der Waals surface area contributed by atoms with Gasteiger partial charge in [0.25, 0.3) is 0 Å². The number of rotatable bonds is 4. The van der Waals surface area contributed by atoms with E-state index in [2.05, 4.69) is 0 Å². The Morgan fingerprint density at radius 3 is 2.64 bits per heavy atom. The minimum Gasteiger partial charge on any atom is -0.353 e. The van der Waals surface area contributed by atoms with Gasteiger partial charge in [-0.05, 0) is 19.9 Å². The highest BCUT2D eigenvalue weighted by molar-refractivity contribution is 5.93. The quantitative estimate of drug-likeness (QED) is 0.686. The van der Waals surface area contributed by atoms with Crippen molar-refractivity contribution >= 4 is 5.78 Å². The zero-order valence-corrected chi connectivity index (χ0v) is 8.26. The fourth-order valence-corrected chi connectivity index (χ4v) is 1.11. The molecule has 2 nitrogen and oxygen atoms in total. The van der Waals surface area contributed by atoms with Crippen LogP contribution in [0.15, 0.2) is 18.5 Å². The Hall–Kier alpha value is -1.19. The van der Waals surface area contributed by atoms with Crippen LogP contribution in [0.5, 0.6) is 0 Å². The predicted molar refractivity (Wildman–Crippen MR) is 49.7 cm³/mol. The molecule has 0 saturated carbocycles. The van der Waals surface area contributed by atoms with Gasteiger partial charge in [0.05, 0.1) is 0 Å². The molecule has 4 heteroatoms. The van der Waals surface area contributed by atoms with Crippen molar-refractivity contribution in [3.63, 3.8) is 0 Å². The zero-order valence-electron chi connectivity index (χ0n) is 8.26. The Kier molecular flexibility index (Phi) is 3.03. The first-order valence-electron chi connectivity index (χ1n) is 4.43. The average Bonchev–Trinajstić information content (AvgIpc) is 2.47. The number of ketones is 1. The summed E-state index contributed by atoms with van der Waals surface area (Å²) in [7, 11) is 0. The van der Waals surface area contributed by atoms with Gasteiger partial charge in [0, 0.05) is 30.9 Å². The second-order valence-electron chi connectivity index (χ2n) is 3.51. The lowest BCUT2D eigenvalue weighted by molar-refractivity contribution is 0.00872. The van der Waals surface area contributed by atoms with E-state index in [-0.39, 0.29) is 18.7 Å². The molecule has 0 amide bonds. The highest BCUT2D eigenvalue weighted by Crippen LogP contribution is 2.17. The van der Waals surface area contributed by atoms with Crippen molar-refractivity contribution in [3.05, 3.63) is 24.0 Å². The summed E-state index contributed by atoms with van der Waals surface area (Å²) >= 11 is 0. The molecule has 0 aliphatic heterocycles. The fraction of sp³-hybridized carbons (Fsp3) is 0.500. The molecule has 0 radical (unpaired) electrons. The predicted octanol–water partition coefficient (Wildman–Crippen LogP) is 2.74. The van der Waals surface area contributed by atoms with E-state index in [9.17, 15) is 13.6 Å². The van der Waals surface area contributed by atoms with Crippen LogP contribution in [-0.2, 0) is 6.54 Å². The lowest BCUT2D eigenvalue weighted by Gasteiger charge is -2.09. The van der Waals surface area contributed by atoms with Crippen LogP contribution in [0.25, 0.3) is 0 Å². The molecular weight excluding hydrogens is 188 g/mol. The van der Waals surface area contributed by atoms with Gasteiger partial charge in [-0.15, -0.1) is 0 Å². The van der Waals surface area contributed by atoms with Crippen molar-refractivity contribution in [1.29, 1.82) is 0 Å². The Bertz CT molecular complexity index is 325. The average molecular weight is 201 g/mol. The molecule has 14 heavy (non-hydrogen) atoms. The summed E-state index contributed by atoms with van der Waals surface area (Å²) in [5.74, 6) is -2.70. The molecule has 0 aliphatic rings. The van der Waals surface area contributed by atoms with Crippen LogP contribution in [0, 0.1) is 0 Å². The van der Waals surface area contributed by atoms with Crippen LogP contribution in [-0.4, -0.2) is 16.3 Å². The van der Waals surface area contributed by atoms with Crippen LogP contribution in [0.1, 0.15) is 30.6 Å². The summed E-state index contributed by atoms with van der Waals surface area (Å²) < 4.78 is 26.6. The molecule has 0 unspecified atom stereocenters. The van der Waals surface area contributed by atoms with E-state index >= 15 is 0 Å². The molecule has 0 N–H and O–H groups in total.